The molecule has 0 aliphatic rings. The van der Waals surface area contributed by atoms with Crippen molar-refractivity contribution < 1.29 is 29.0 Å². The van der Waals surface area contributed by atoms with E-state index in [1.807, 2.05) is 0 Å². The molecule has 0 aliphatic heterocycles. The molecule has 1 atom stereocenters. The molecular weight excluding hydrogens is 242 g/mol. The lowest BCUT2D eigenvalue weighted by molar-refractivity contribution is -0.149. The third-order valence-corrected chi connectivity index (χ3v) is 1.67. The first-order chi connectivity index (χ1) is 8.15. The Morgan fingerprint density at radius 3 is 2.22 bits per heavy atom. The van der Waals surface area contributed by atoms with E-state index in [0.717, 1.165) is 0 Å². The number of rotatable bonds is 5. The minimum atomic E-state index is -1.36. The van der Waals surface area contributed by atoms with E-state index in [0.29, 0.717) is 0 Å². The van der Waals surface area contributed by atoms with E-state index in [4.69, 9.17) is 9.84 Å². The van der Waals surface area contributed by atoms with Crippen LogP contribution in [0.1, 0.15) is 34.1 Å². The van der Waals surface area contributed by atoms with Crippen LogP contribution in [0.25, 0.3) is 0 Å². The summed E-state index contributed by atoms with van der Waals surface area (Å²) in [5, 5.41) is 11.0. The van der Waals surface area contributed by atoms with Gasteiger partial charge in [-0.05, 0) is 27.7 Å². The summed E-state index contributed by atoms with van der Waals surface area (Å²) in [7, 11) is 0. The number of hydrogen-bond acceptors (Lipinski definition) is 5. The van der Waals surface area contributed by atoms with Crippen molar-refractivity contribution in [2.24, 2.45) is 0 Å². The van der Waals surface area contributed by atoms with Crippen LogP contribution in [0.3, 0.4) is 0 Å². The maximum absolute atomic E-state index is 11.4. The summed E-state index contributed by atoms with van der Waals surface area (Å²) in [5.74, 6) is -2.02. The van der Waals surface area contributed by atoms with Gasteiger partial charge in [-0.3, -0.25) is 4.79 Å². The van der Waals surface area contributed by atoms with Crippen LogP contribution in [0.15, 0.2) is 0 Å². The fourth-order valence-electron chi connectivity index (χ4n) is 1.04. The number of alkyl carbamates (subject to hydrolysis) is 1. The van der Waals surface area contributed by atoms with E-state index in [1.165, 1.54) is 0 Å². The number of carbonyl (C=O) groups excluding carboxylic acids is 2. The fourth-order valence-corrected chi connectivity index (χ4v) is 1.04. The second-order valence-corrected chi connectivity index (χ2v) is 4.55. The van der Waals surface area contributed by atoms with Gasteiger partial charge in [-0.1, -0.05) is 0 Å². The minimum absolute atomic E-state index is 0.150. The van der Waals surface area contributed by atoms with Gasteiger partial charge in [0.05, 0.1) is 13.0 Å². The number of carbonyl (C=O) groups is 3. The van der Waals surface area contributed by atoms with E-state index in [-0.39, 0.29) is 6.61 Å². The van der Waals surface area contributed by atoms with Crippen LogP contribution in [0, 0.1) is 0 Å². The van der Waals surface area contributed by atoms with E-state index < -0.39 is 36.1 Å². The highest BCUT2D eigenvalue weighted by molar-refractivity contribution is 5.85. The molecule has 104 valence electrons. The average Bonchev–Trinajstić information content (AvgIpc) is 2.13. The molecular formula is C11H19NO6. The maximum atomic E-state index is 11.4. The Kier molecular flexibility index (Phi) is 6.15. The van der Waals surface area contributed by atoms with E-state index >= 15 is 0 Å². The highest BCUT2D eigenvalue weighted by atomic mass is 16.6. The summed E-state index contributed by atoms with van der Waals surface area (Å²) in [6.07, 6.45) is -1.33. The molecule has 0 saturated carbocycles. The third kappa shape index (κ3) is 7.48. The van der Waals surface area contributed by atoms with Crippen LogP contribution in [0.2, 0.25) is 0 Å². The number of amides is 1. The lowest BCUT2D eigenvalue weighted by Crippen LogP contribution is -2.44. The smallest absolute Gasteiger partial charge is 0.408 e. The van der Waals surface area contributed by atoms with Crippen molar-refractivity contribution in [3.8, 4) is 0 Å². The summed E-state index contributed by atoms with van der Waals surface area (Å²) in [6.45, 7) is 6.70. The lowest BCUT2D eigenvalue weighted by atomic mass is 10.2. The first-order valence-electron chi connectivity index (χ1n) is 5.53. The summed E-state index contributed by atoms with van der Waals surface area (Å²) in [5.41, 5.74) is -0.739. The summed E-state index contributed by atoms with van der Waals surface area (Å²) < 4.78 is 9.51. The van der Waals surface area contributed by atoms with Gasteiger partial charge in [0, 0.05) is 0 Å². The first kappa shape index (κ1) is 16.2. The van der Waals surface area contributed by atoms with Crippen molar-refractivity contribution >= 4 is 18.0 Å². The highest BCUT2D eigenvalue weighted by Gasteiger charge is 2.26. The fraction of sp³-hybridized carbons (Fsp3) is 0.727. The molecule has 0 aromatic carbocycles. The Bertz CT molecular complexity index is 320. The van der Waals surface area contributed by atoms with Gasteiger partial charge in [0.1, 0.15) is 11.6 Å². The number of nitrogens with one attached hydrogen (secondary N) is 1. The second-order valence-electron chi connectivity index (χ2n) is 4.55. The average molecular weight is 261 g/mol. The van der Waals surface area contributed by atoms with Gasteiger partial charge in [0.15, 0.2) is 0 Å². The molecule has 7 heteroatoms. The molecule has 0 aromatic heterocycles. The van der Waals surface area contributed by atoms with Crippen LogP contribution >= 0.6 is 0 Å². The van der Waals surface area contributed by atoms with Crippen molar-refractivity contribution in [1.82, 2.24) is 5.32 Å². The molecule has 0 rings (SSSR count). The molecule has 7 nitrogen and oxygen atoms in total. The van der Waals surface area contributed by atoms with Crippen LogP contribution in [-0.4, -0.2) is 41.4 Å². The molecule has 2 N–H and O–H groups in total. The van der Waals surface area contributed by atoms with Crippen molar-refractivity contribution in [1.29, 1.82) is 0 Å². The van der Waals surface area contributed by atoms with Crippen molar-refractivity contribution in [3.63, 3.8) is 0 Å². The number of hydrogen-bond donors (Lipinski definition) is 2. The van der Waals surface area contributed by atoms with Gasteiger partial charge in [-0.15, -0.1) is 0 Å². The molecule has 0 aliphatic carbocycles. The largest absolute Gasteiger partial charge is 0.480 e. The molecule has 0 saturated heterocycles. The van der Waals surface area contributed by atoms with Crippen LogP contribution < -0.4 is 5.32 Å². The normalized spacial score (nSPS) is 12.4. The number of ether oxygens (including phenoxy) is 2. The SMILES string of the molecule is CCOC(=O)CC(NC(=O)OC(C)(C)C)C(=O)O. The third-order valence-electron chi connectivity index (χ3n) is 1.67. The number of carboxylic acid groups (broad SMARTS) is 1. The van der Waals surface area contributed by atoms with Crippen LogP contribution in [0.5, 0.6) is 0 Å². The van der Waals surface area contributed by atoms with E-state index in [1.54, 1.807) is 27.7 Å². The molecule has 18 heavy (non-hydrogen) atoms. The molecule has 0 radical (unpaired) electrons. The Morgan fingerprint density at radius 1 is 1.28 bits per heavy atom. The quantitative estimate of drug-likeness (QED) is 0.713. The minimum Gasteiger partial charge on any atom is -0.480 e. The Balaban J connectivity index is 4.41. The summed E-state index contributed by atoms with van der Waals surface area (Å²) in [4.78, 5) is 33.4. The topological polar surface area (TPSA) is 102 Å². The zero-order chi connectivity index (χ0) is 14.3. The van der Waals surface area contributed by atoms with Gasteiger partial charge >= 0.3 is 18.0 Å². The van der Waals surface area contributed by atoms with Gasteiger partial charge in [-0.25, -0.2) is 9.59 Å². The Hall–Kier alpha value is -1.79. The van der Waals surface area contributed by atoms with Crippen molar-refractivity contribution in [3.05, 3.63) is 0 Å². The number of carboxylic acids is 1. The number of esters is 1. The molecule has 0 heterocycles. The number of aliphatic carboxylic acids is 1. The van der Waals surface area contributed by atoms with Crippen molar-refractivity contribution in [2.45, 2.75) is 45.8 Å². The summed E-state index contributed by atoms with van der Waals surface area (Å²) in [6, 6.07) is -1.36. The van der Waals surface area contributed by atoms with Gasteiger partial charge in [0.2, 0.25) is 0 Å². The first-order valence-corrected chi connectivity index (χ1v) is 5.53. The molecule has 0 spiro atoms. The zero-order valence-corrected chi connectivity index (χ0v) is 11.0. The Labute approximate surface area is 105 Å². The van der Waals surface area contributed by atoms with Crippen LogP contribution in [0.4, 0.5) is 4.79 Å². The van der Waals surface area contributed by atoms with E-state index in [2.05, 4.69) is 10.1 Å². The highest BCUT2D eigenvalue weighted by Crippen LogP contribution is 2.07. The van der Waals surface area contributed by atoms with Gasteiger partial charge in [-0.2, -0.15) is 0 Å². The second kappa shape index (κ2) is 6.83. The molecule has 0 aromatic rings. The predicted octanol–water partition coefficient (Wildman–Crippen LogP) is 0.918. The molecule has 1 amide bonds. The van der Waals surface area contributed by atoms with Crippen LogP contribution in [-0.2, 0) is 19.1 Å². The standard InChI is InChI=1S/C11H19NO6/c1-5-17-8(13)6-7(9(14)15)12-10(16)18-11(2,3)4/h7H,5-6H2,1-4H3,(H,12,16)(H,14,15). The lowest BCUT2D eigenvalue weighted by Gasteiger charge is -2.21. The molecule has 0 bridgehead atoms. The molecule has 0 fully saturated rings. The van der Waals surface area contributed by atoms with Gasteiger partial charge < -0.3 is 19.9 Å². The predicted molar refractivity (Wildman–Crippen MR) is 62.0 cm³/mol. The van der Waals surface area contributed by atoms with E-state index in [9.17, 15) is 14.4 Å². The maximum Gasteiger partial charge on any atom is 0.408 e. The summed E-state index contributed by atoms with van der Waals surface area (Å²) >= 11 is 0. The molecule has 1 unspecified atom stereocenters. The zero-order valence-electron chi connectivity index (χ0n) is 11.0. The van der Waals surface area contributed by atoms with Gasteiger partial charge in [0.25, 0.3) is 0 Å². The monoisotopic (exact) mass is 261 g/mol. The Morgan fingerprint density at radius 2 is 1.83 bits per heavy atom. The van der Waals surface area contributed by atoms with Crippen molar-refractivity contribution in [2.75, 3.05) is 6.61 Å².